The minimum absolute atomic E-state index is 0.0771. The summed E-state index contributed by atoms with van der Waals surface area (Å²) in [5, 5.41) is 7.51. The van der Waals surface area contributed by atoms with Crippen LogP contribution in [-0.4, -0.2) is 59.4 Å². The number of piperidine rings is 1. The molecule has 1 aliphatic rings. The summed E-state index contributed by atoms with van der Waals surface area (Å²) < 4.78 is 33.6. The molecular formula is C10H16BrClN4O3S. The van der Waals surface area contributed by atoms with E-state index in [4.69, 9.17) is 16.3 Å². The van der Waals surface area contributed by atoms with Crippen LogP contribution in [0.5, 0.6) is 0 Å². The summed E-state index contributed by atoms with van der Waals surface area (Å²) in [7, 11) is -2.02. The smallest absolute Gasteiger partial charge is 0.263 e. The number of halogens is 2. The van der Waals surface area contributed by atoms with Crippen LogP contribution in [-0.2, 0) is 21.8 Å². The van der Waals surface area contributed by atoms with Gasteiger partial charge in [-0.3, -0.25) is 0 Å². The van der Waals surface area contributed by atoms with Crippen LogP contribution in [0.3, 0.4) is 0 Å². The molecular weight excluding hydrogens is 372 g/mol. The van der Waals surface area contributed by atoms with Crippen molar-refractivity contribution in [1.29, 1.82) is 0 Å². The van der Waals surface area contributed by atoms with Gasteiger partial charge in [0.25, 0.3) is 10.0 Å². The van der Waals surface area contributed by atoms with Gasteiger partial charge in [-0.2, -0.15) is 4.31 Å². The van der Waals surface area contributed by atoms with Crippen LogP contribution in [0.4, 0.5) is 0 Å². The summed E-state index contributed by atoms with van der Waals surface area (Å²) in [5.74, 6) is 0.451. The highest BCUT2D eigenvalue weighted by Crippen LogP contribution is 2.25. The van der Waals surface area contributed by atoms with E-state index in [9.17, 15) is 8.42 Å². The lowest BCUT2D eigenvalue weighted by Gasteiger charge is -2.30. The predicted octanol–water partition coefficient (Wildman–Crippen LogP) is 0.986. The number of hydrogen-bond donors (Lipinski definition) is 0. The first-order valence-corrected chi connectivity index (χ1v) is 8.96. The fourth-order valence-electron chi connectivity index (χ4n) is 2.17. The maximum atomic E-state index is 12.5. The van der Waals surface area contributed by atoms with Crippen molar-refractivity contribution in [2.75, 3.05) is 25.6 Å². The molecule has 0 saturated carbocycles. The molecule has 0 radical (unpaired) electrons. The Balaban J connectivity index is 2.06. The molecule has 1 aromatic heterocycles. The summed E-state index contributed by atoms with van der Waals surface area (Å²) in [6.45, 7) is 1.34. The van der Waals surface area contributed by atoms with Gasteiger partial charge in [0.05, 0.1) is 12.7 Å². The molecule has 0 atom stereocenters. The molecule has 0 spiro atoms. The lowest BCUT2D eigenvalue weighted by Crippen LogP contribution is -2.41. The summed E-state index contributed by atoms with van der Waals surface area (Å²) >= 11 is 8.70. The van der Waals surface area contributed by atoms with Crippen molar-refractivity contribution < 1.29 is 13.2 Å². The highest BCUT2D eigenvalue weighted by Gasteiger charge is 2.33. The molecule has 1 aliphatic heterocycles. The molecule has 0 amide bonds. The molecule has 2 heterocycles. The lowest BCUT2D eigenvalue weighted by atomic mass is 10.1. The SMILES string of the molecule is Cn1nnc(Br)c1S(=O)(=O)N1CCC(OCCCl)CC1. The Morgan fingerprint density at radius 1 is 1.45 bits per heavy atom. The van der Waals surface area contributed by atoms with Crippen LogP contribution in [0.1, 0.15) is 12.8 Å². The molecule has 1 fully saturated rings. The Morgan fingerprint density at radius 3 is 2.60 bits per heavy atom. The van der Waals surface area contributed by atoms with E-state index in [-0.39, 0.29) is 15.7 Å². The number of sulfonamides is 1. The van der Waals surface area contributed by atoms with Crippen molar-refractivity contribution in [3.8, 4) is 0 Å². The van der Waals surface area contributed by atoms with Crippen molar-refractivity contribution in [2.24, 2.45) is 7.05 Å². The van der Waals surface area contributed by atoms with E-state index in [0.29, 0.717) is 38.4 Å². The normalized spacial score (nSPS) is 18.6. The number of hydrogen-bond acceptors (Lipinski definition) is 5. The Kier molecular flexibility index (Phi) is 5.41. The molecule has 2 rings (SSSR count). The molecule has 10 heteroatoms. The number of aryl methyl sites for hydroxylation is 1. The summed E-state index contributed by atoms with van der Waals surface area (Å²) in [6, 6.07) is 0. The quantitative estimate of drug-likeness (QED) is 0.704. The van der Waals surface area contributed by atoms with E-state index in [0.717, 1.165) is 0 Å². The highest BCUT2D eigenvalue weighted by atomic mass is 79.9. The monoisotopic (exact) mass is 386 g/mol. The third-order valence-corrected chi connectivity index (χ3v) is 6.10. The zero-order chi connectivity index (χ0) is 14.8. The molecule has 20 heavy (non-hydrogen) atoms. The van der Waals surface area contributed by atoms with Gasteiger partial charge in [-0.1, -0.05) is 5.21 Å². The maximum absolute atomic E-state index is 12.5. The van der Waals surface area contributed by atoms with E-state index in [1.807, 2.05) is 0 Å². The van der Waals surface area contributed by atoms with Crippen molar-refractivity contribution in [2.45, 2.75) is 24.0 Å². The third kappa shape index (κ3) is 3.33. The molecule has 7 nitrogen and oxygen atoms in total. The van der Waals surface area contributed by atoms with E-state index in [2.05, 4.69) is 26.2 Å². The van der Waals surface area contributed by atoms with Crippen LogP contribution in [0.2, 0.25) is 0 Å². The first-order valence-electron chi connectivity index (χ1n) is 6.19. The van der Waals surface area contributed by atoms with Gasteiger partial charge in [-0.15, -0.1) is 16.7 Å². The second kappa shape index (κ2) is 6.69. The van der Waals surface area contributed by atoms with Gasteiger partial charge in [0, 0.05) is 26.0 Å². The zero-order valence-electron chi connectivity index (χ0n) is 11.0. The number of rotatable bonds is 5. The molecule has 1 aromatic rings. The van der Waals surface area contributed by atoms with Crippen molar-refractivity contribution in [3.63, 3.8) is 0 Å². The van der Waals surface area contributed by atoms with Crippen molar-refractivity contribution >= 4 is 37.6 Å². The molecule has 0 aromatic carbocycles. The van der Waals surface area contributed by atoms with Crippen molar-refractivity contribution in [3.05, 3.63) is 4.60 Å². The molecule has 0 N–H and O–H groups in total. The lowest BCUT2D eigenvalue weighted by molar-refractivity contribution is 0.0300. The number of aromatic nitrogens is 3. The van der Waals surface area contributed by atoms with E-state index < -0.39 is 10.0 Å². The first kappa shape index (κ1) is 16.2. The zero-order valence-corrected chi connectivity index (χ0v) is 14.2. The standard InChI is InChI=1S/C10H16BrClN4O3S/c1-15-10(9(11)13-14-15)20(17,18)16-5-2-8(3-6-16)19-7-4-12/h8H,2-7H2,1H3. The highest BCUT2D eigenvalue weighted by molar-refractivity contribution is 9.10. The topological polar surface area (TPSA) is 77.3 Å². The van der Waals surface area contributed by atoms with Gasteiger partial charge in [-0.25, -0.2) is 13.1 Å². The Labute approximate surface area is 131 Å². The minimum atomic E-state index is -3.58. The third-order valence-electron chi connectivity index (χ3n) is 3.15. The Morgan fingerprint density at radius 2 is 2.10 bits per heavy atom. The number of alkyl halides is 1. The van der Waals surface area contributed by atoms with Crippen LogP contribution in [0, 0.1) is 0 Å². The largest absolute Gasteiger partial charge is 0.377 e. The average Bonchev–Trinajstić information content (AvgIpc) is 2.77. The fraction of sp³-hybridized carbons (Fsp3) is 0.800. The second-order valence-corrected chi connectivity index (χ2v) is 7.45. The summed E-state index contributed by atoms with van der Waals surface area (Å²) in [6.07, 6.45) is 1.41. The predicted molar refractivity (Wildman–Crippen MR) is 77.2 cm³/mol. The van der Waals surface area contributed by atoms with E-state index in [1.54, 1.807) is 7.05 Å². The van der Waals surface area contributed by atoms with Crippen LogP contribution in [0.25, 0.3) is 0 Å². The van der Waals surface area contributed by atoms with Gasteiger partial charge >= 0.3 is 0 Å². The Bertz CT molecular complexity index is 537. The average molecular weight is 388 g/mol. The van der Waals surface area contributed by atoms with E-state index >= 15 is 0 Å². The van der Waals surface area contributed by atoms with Crippen LogP contribution < -0.4 is 0 Å². The molecule has 0 unspecified atom stereocenters. The van der Waals surface area contributed by atoms with E-state index in [1.165, 1.54) is 8.99 Å². The maximum Gasteiger partial charge on any atom is 0.263 e. The van der Waals surface area contributed by atoms with Gasteiger partial charge < -0.3 is 4.74 Å². The van der Waals surface area contributed by atoms with Crippen LogP contribution in [0.15, 0.2) is 9.63 Å². The number of nitrogens with zero attached hydrogens (tertiary/aromatic N) is 4. The van der Waals surface area contributed by atoms with Gasteiger partial charge in [0.15, 0.2) is 4.60 Å². The second-order valence-electron chi connectivity index (χ2n) is 4.47. The summed E-state index contributed by atoms with van der Waals surface area (Å²) in [4.78, 5) is 0. The summed E-state index contributed by atoms with van der Waals surface area (Å²) in [5.41, 5.74) is 0. The van der Waals surface area contributed by atoms with Crippen molar-refractivity contribution in [1.82, 2.24) is 19.3 Å². The molecule has 0 bridgehead atoms. The molecule has 114 valence electrons. The van der Waals surface area contributed by atoms with Gasteiger partial charge in [-0.05, 0) is 28.8 Å². The van der Waals surface area contributed by atoms with Gasteiger partial charge in [0.2, 0.25) is 5.03 Å². The minimum Gasteiger partial charge on any atom is -0.377 e. The van der Waals surface area contributed by atoms with Gasteiger partial charge in [0.1, 0.15) is 0 Å². The number of ether oxygens (including phenoxy) is 1. The first-order chi connectivity index (χ1) is 9.46. The Hall–Kier alpha value is -0.220. The fourth-order valence-corrected chi connectivity index (χ4v) is 4.76. The molecule has 0 aliphatic carbocycles. The van der Waals surface area contributed by atoms with Crippen LogP contribution >= 0.6 is 27.5 Å². The molecule has 1 saturated heterocycles.